The summed E-state index contributed by atoms with van der Waals surface area (Å²) in [7, 11) is -3.54. The van der Waals surface area contributed by atoms with Gasteiger partial charge in [0.05, 0.1) is 24.7 Å². The molecule has 0 bridgehead atoms. The monoisotopic (exact) mass is 314 g/mol. The van der Waals surface area contributed by atoms with Gasteiger partial charge in [0.15, 0.2) is 0 Å². The van der Waals surface area contributed by atoms with Crippen molar-refractivity contribution in [3.05, 3.63) is 29.3 Å². The fourth-order valence-corrected chi connectivity index (χ4v) is 3.67. The molecule has 2 N–H and O–H groups in total. The van der Waals surface area contributed by atoms with Crippen LogP contribution in [0.5, 0.6) is 0 Å². The van der Waals surface area contributed by atoms with Crippen molar-refractivity contribution in [1.29, 1.82) is 0 Å². The van der Waals surface area contributed by atoms with Crippen molar-refractivity contribution in [2.75, 3.05) is 39.4 Å². The van der Waals surface area contributed by atoms with Gasteiger partial charge in [-0.25, -0.2) is 13.1 Å². The van der Waals surface area contributed by atoms with E-state index in [1.54, 1.807) is 25.1 Å². The van der Waals surface area contributed by atoms with Gasteiger partial charge >= 0.3 is 0 Å². The Morgan fingerprint density at radius 2 is 2.05 bits per heavy atom. The highest BCUT2D eigenvalue weighted by Gasteiger charge is 2.18. The third-order valence-corrected chi connectivity index (χ3v) is 5.29. The summed E-state index contributed by atoms with van der Waals surface area (Å²) >= 11 is 0. The summed E-state index contributed by atoms with van der Waals surface area (Å²) in [5, 5.41) is 9.22. The minimum Gasteiger partial charge on any atom is -0.392 e. The first-order chi connectivity index (χ1) is 10.0. The highest BCUT2D eigenvalue weighted by atomic mass is 32.2. The van der Waals surface area contributed by atoms with Crippen LogP contribution in [0.3, 0.4) is 0 Å². The van der Waals surface area contributed by atoms with Gasteiger partial charge in [-0.05, 0) is 24.1 Å². The highest BCUT2D eigenvalue weighted by molar-refractivity contribution is 7.89. The molecule has 1 aromatic carbocycles. The quantitative estimate of drug-likeness (QED) is 0.778. The standard InChI is InChI=1S/C14H22N2O4S/c1-12-13(11-17)3-2-4-14(12)21(18,19)15-5-6-16-7-9-20-10-8-16/h2-4,15,17H,5-11H2,1H3. The second kappa shape index (κ2) is 7.33. The number of aliphatic hydroxyl groups is 1. The molecule has 0 saturated carbocycles. The van der Waals surface area contributed by atoms with Crippen molar-refractivity contribution in [1.82, 2.24) is 9.62 Å². The molecule has 0 aliphatic carbocycles. The van der Waals surface area contributed by atoms with Crippen molar-refractivity contribution in [3.63, 3.8) is 0 Å². The van der Waals surface area contributed by atoms with E-state index in [0.29, 0.717) is 37.4 Å². The second-order valence-electron chi connectivity index (χ2n) is 5.05. The second-order valence-corrected chi connectivity index (χ2v) is 6.79. The van der Waals surface area contributed by atoms with E-state index in [1.165, 1.54) is 0 Å². The van der Waals surface area contributed by atoms with Crippen molar-refractivity contribution in [3.8, 4) is 0 Å². The average Bonchev–Trinajstić information content (AvgIpc) is 2.48. The molecule has 1 heterocycles. The van der Waals surface area contributed by atoms with E-state index in [-0.39, 0.29) is 11.5 Å². The predicted octanol–water partition coefficient (Wildman–Crippen LogP) is 0.0978. The van der Waals surface area contributed by atoms with E-state index in [9.17, 15) is 13.5 Å². The maximum Gasteiger partial charge on any atom is 0.240 e. The number of morpholine rings is 1. The minimum atomic E-state index is -3.54. The zero-order valence-electron chi connectivity index (χ0n) is 12.2. The van der Waals surface area contributed by atoms with Gasteiger partial charge in [0.25, 0.3) is 0 Å². The Balaban J connectivity index is 1.98. The summed E-state index contributed by atoms with van der Waals surface area (Å²) in [6.45, 7) is 5.65. The first kappa shape index (κ1) is 16.4. The molecule has 1 aromatic rings. The number of aliphatic hydroxyl groups excluding tert-OH is 1. The fourth-order valence-electron chi connectivity index (χ4n) is 2.36. The number of hydrogen-bond acceptors (Lipinski definition) is 5. The molecule has 1 aliphatic rings. The third kappa shape index (κ3) is 4.24. The van der Waals surface area contributed by atoms with Crippen LogP contribution in [0, 0.1) is 6.92 Å². The Hall–Kier alpha value is -0.990. The average molecular weight is 314 g/mol. The maximum atomic E-state index is 12.3. The third-order valence-electron chi connectivity index (χ3n) is 3.68. The Morgan fingerprint density at radius 3 is 2.71 bits per heavy atom. The number of nitrogens with zero attached hydrogens (tertiary/aromatic N) is 1. The van der Waals surface area contributed by atoms with Gasteiger partial charge in [-0.3, -0.25) is 4.90 Å². The molecule has 0 unspecified atom stereocenters. The molecule has 0 radical (unpaired) electrons. The maximum absolute atomic E-state index is 12.3. The normalized spacial score (nSPS) is 17.0. The molecule has 0 atom stereocenters. The lowest BCUT2D eigenvalue weighted by Crippen LogP contribution is -2.41. The predicted molar refractivity (Wildman–Crippen MR) is 79.5 cm³/mol. The number of ether oxygens (including phenoxy) is 1. The van der Waals surface area contributed by atoms with Crippen LogP contribution in [0.15, 0.2) is 23.1 Å². The Morgan fingerprint density at radius 1 is 1.33 bits per heavy atom. The molecule has 0 spiro atoms. The van der Waals surface area contributed by atoms with Gasteiger partial charge in [0, 0.05) is 26.2 Å². The molecular formula is C14H22N2O4S. The Bertz CT molecular complexity index is 568. The number of benzene rings is 1. The van der Waals surface area contributed by atoms with E-state index in [0.717, 1.165) is 13.1 Å². The van der Waals surface area contributed by atoms with E-state index in [2.05, 4.69) is 9.62 Å². The molecule has 1 aliphatic heterocycles. The number of rotatable bonds is 6. The lowest BCUT2D eigenvalue weighted by Gasteiger charge is -2.26. The van der Waals surface area contributed by atoms with Gasteiger partial charge in [0.1, 0.15) is 0 Å². The Labute approximate surface area is 125 Å². The molecule has 7 heteroatoms. The van der Waals surface area contributed by atoms with Crippen LogP contribution in [-0.2, 0) is 21.4 Å². The molecule has 1 fully saturated rings. The van der Waals surface area contributed by atoms with Crippen LogP contribution in [0.25, 0.3) is 0 Å². The number of sulfonamides is 1. The van der Waals surface area contributed by atoms with E-state index < -0.39 is 10.0 Å². The molecule has 0 amide bonds. The van der Waals surface area contributed by atoms with Crippen LogP contribution in [-0.4, -0.2) is 57.8 Å². The van der Waals surface area contributed by atoms with Gasteiger partial charge in [-0.2, -0.15) is 0 Å². The number of nitrogens with one attached hydrogen (secondary N) is 1. The smallest absolute Gasteiger partial charge is 0.240 e. The van der Waals surface area contributed by atoms with E-state index >= 15 is 0 Å². The first-order valence-corrected chi connectivity index (χ1v) is 8.52. The van der Waals surface area contributed by atoms with Crippen molar-refractivity contribution < 1.29 is 18.3 Å². The topological polar surface area (TPSA) is 78.9 Å². The van der Waals surface area contributed by atoms with Crippen molar-refractivity contribution >= 4 is 10.0 Å². The molecule has 1 saturated heterocycles. The summed E-state index contributed by atoms with van der Waals surface area (Å²) in [5.41, 5.74) is 1.23. The largest absolute Gasteiger partial charge is 0.392 e. The van der Waals surface area contributed by atoms with E-state index in [4.69, 9.17) is 4.74 Å². The zero-order valence-corrected chi connectivity index (χ0v) is 13.0. The van der Waals surface area contributed by atoms with Crippen molar-refractivity contribution in [2.24, 2.45) is 0 Å². The van der Waals surface area contributed by atoms with Gasteiger partial charge in [-0.1, -0.05) is 12.1 Å². The summed E-state index contributed by atoms with van der Waals surface area (Å²) in [6, 6.07) is 4.93. The fraction of sp³-hybridized carbons (Fsp3) is 0.571. The van der Waals surface area contributed by atoms with Crippen LogP contribution in [0.2, 0.25) is 0 Å². The first-order valence-electron chi connectivity index (χ1n) is 7.03. The minimum absolute atomic E-state index is 0.164. The molecule has 2 rings (SSSR count). The van der Waals surface area contributed by atoms with E-state index in [1.807, 2.05) is 0 Å². The lowest BCUT2D eigenvalue weighted by molar-refractivity contribution is 0.0390. The summed E-state index contributed by atoms with van der Waals surface area (Å²) in [5.74, 6) is 0. The van der Waals surface area contributed by atoms with Crippen molar-refractivity contribution in [2.45, 2.75) is 18.4 Å². The summed E-state index contributed by atoms with van der Waals surface area (Å²) < 4.78 is 32.5. The van der Waals surface area contributed by atoms with Crippen LogP contribution < -0.4 is 4.72 Å². The zero-order chi connectivity index (χ0) is 15.3. The molecule has 6 nitrogen and oxygen atoms in total. The molecular weight excluding hydrogens is 292 g/mol. The number of hydrogen-bond donors (Lipinski definition) is 2. The molecule has 118 valence electrons. The van der Waals surface area contributed by atoms with Crippen LogP contribution >= 0.6 is 0 Å². The van der Waals surface area contributed by atoms with Crippen LogP contribution in [0.4, 0.5) is 0 Å². The highest BCUT2D eigenvalue weighted by Crippen LogP contribution is 2.18. The Kier molecular flexibility index (Phi) is 5.72. The van der Waals surface area contributed by atoms with Gasteiger partial charge in [-0.15, -0.1) is 0 Å². The van der Waals surface area contributed by atoms with Crippen LogP contribution in [0.1, 0.15) is 11.1 Å². The molecule has 21 heavy (non-hydrogen) atoms. The molecule has 0 aromatic heterocycles. The summed E-state index contributed by atoms with van der Waals surface area (Å²) in [4.78, 5) is 2.40. The SMILES string of the molecule is Cc1c(CO)cccc1S(=O)(=O)NCCN1CCOCC1. The lowest BCUT2D eigenvalue weighted by atomic mass is 10.1. The summed E-state index contributed by atoms with van der Waals surface area (Å²) in [6.07, 6.45) is 0. The van der Waals surface area contributed by atoms with Gasteiger partial charge in [0.2, 0.25) is 10.0 Å². The van der Waals surface area contributed by atoms with Gasteiger partial charge < -0.3 is 9.84 Å².